The number of hydrogen-bond donors (Lipinski definition) is 1. The molecule has 1 aromatic heterocycles. The summed E-state index contributed by atoms with van der Waals surface area (Å²) >= 11 is 0. The van der Waals surface area contributed by atoms with Crippen LogP contribution in [0, 0.1) is 0 Å². The van der Waals surface area contributed by atoms with Gasteiger partial charge in [-0.15, -0.1) is 0 Å². The molecular weight excluding hydrogens is 374 g/mol. The second kappa shape index (κ2) is 10.6. The molecule has 1 fully saturated rings. The summed E-state index contributed by atoms with van der Waals surface area (Å²) in [5, 5.41) is 8.48. The highest BCUT2D eigenvalue weighted by molar-refractivity contribution is 5.95. The third-order valence-corrected chi connectivity index (χ3v) is 4.82. The number of nitrogens with one attached hydrogen (secondary N) is 1. The monoisotopic (exact) mass is 402 g/mol. The first-order valence-corrected chi connectivity index (χ1v) is 10.0. The predicted molar refractivity (Wildman–Crippen MR) is 106 cm³/mol. The van der Waals surface area contributed by atoms with Gasteiger partial charge in [-0.1, -0.05) is 30.3 Å². The number of Topliss-reactive ketones (excluding diaryl/α,β-unsaturated/α-hetero) is 1. The van der Waals surface area contributed by atoms with E-state index in [9.17, 15) is 9.59 Å². The van der Waals surface area contributed by atoms with Crippen LogP contribution in [-0.4, -0.2) is 61.4 Å². The summed E-state index contributed by atoms with van der Waals surface area (Å²) in [5.74, 6) is 0.457. The molecule has 0 unspecified atom stereocenters. The summed E-state index contributed by atoms with van der Waals surface area (Å²) in [6.45, 7) is 6.44. The Bertz CT molecular complexity index is 787. The molecule has 0 radical (unpaired) electrons. The second-order valence-corrected chi connectivity index (χ2v) is 6.87. The van der Waals surface area contributed by atoms with Gasteiger partial charge in [-0.05, 0) is 26.3 Å². The Morgan fingerprint density at radius 3 is 2.66 bits per heavy atom. The minimum Gasteiger partial charge on any atom is -0.450 e. The molecule has 0 spiro atoms. The van der Waals surface area contributed by atoms with Gasteiger partial charge in [-0.2, -0.15) is 5.01 Å². The average molecular weight is 402 g/mol. The molecule has 29 heavy (non-hydrogen) atoms. The van der Waals surface area contributed by atoms with Gasteiger partial charge in [0.15, 0.2) is 5.78 Å². The number of piperazine rings is 1. The molecule has 0 atom stereocenters. The summed E-state index contributed by atoms with van der Waals surface area (Å²) in [4.78, 5) is 27.5. The Kier molecular flexibility index (Phi) is 7.57. The van der Waals surface area contributed by atoms with Crippen molar-refractivity contribution in [3.63, 3.8) is 0 Å². The van der Waals surface area contributed by atoms with Crippen LogP contribution in [0.3, 0.4) is 0 Å². The topological polar surface area (TPSA) is 91.8 Å². The molecule has 9 heteroatoms. The minimum absolute atomic E-state index is 0.213. The van der Waals surface area contributed by atoms with E-state index < -0.39 is 6.09 Å². The minimum atomic E-state index is -0.564. The van der Waals surface area contributed by atoms with Crippen molar-refractivity contribution in [3.05, 3.63) is 42.1 Å². The van der Waals surface area contributed by atoms with E-state index in [0.29, 0.717) is 13.0 Å². The number of carbonyl (C=O) groups excluding carboxylic acids is 2. The van der Waals surface area contributed by atoms with Crippen molar-refractivity contribution in [3.8, 4) is 0 Å². The number of ketones is 1. The number of nitrogens with zero attached hydrogens (tertiary/aromatic N) is 4. The van der Waals surface area contributed by atoms with Gasteiger partial charge < -0.3 is 4.74 Å². The molecule has 1 aliphatic rings. The van der Waals surface area contributed by atoms with Crippen molar-refractivity contribution in [1.82, 2.24) is 10.2 Å². The Labute approximate surface area is 170 Å². The number of hydrogen-bond acceptors (Lipinski definition) is 7. The van der Waals surface area contributed by atoms with Crippen molar-refractivity contribution in [2.24, 2.45) is 0 Å². The predicted octanol–water partition coefficient (Wildman–Crippen LogP) is 1.84. The molecule has 3 rings (SSSR count). The molecule has 1 saturated heterocycles. The van der Waals surface area contributed by atoms with E-state index in [1.807, 2.05) is 30.3 Å². The molecule has 1 aliphatic heterocycles. The number of aromatic nitrogens is 2. The first kappa shape index (κ1) is 20.8. The van der Waals surface area contributed by atoms with Crippen LogP contribution in [0.25, 0.3) is 0 Å². The van der Waals surface area contributed by atoms with Crippen LogP contribution in [0.2, 0.25) is 0 Å². The van der Waals surface area contributed by atoms with E-state index >= 15 is 0 Å². The van der Waals surface area contributed by atoms with Crippen LogP contribution >= 0.6 is 0 Å². The van der Waals surface area contributed by atoms with Gasteiger partial charge in [0.25, 0.3) is 6.20 Å². The number of rotatable bonds is 9. The quantitative estimate of drug-likeness (QED) is 0.389. The third kappa shape index (κ3) is 6.28. The van der Waals surface area contributed by atoms with Crippen molar-refractivity contribution in [1.29, 1.82) is 0 Å². The molecular formula is C20H28N5O4+. The Morgan fingerprint density at radius 1 is 1.17 bits per heavy atom. The van der Waals surface area contributed by atoms with Crippen molar-refractivity contribution >= 4 is 17.8 Å². The first-order chi connectivity index (χ1) is 14.2. The molecule has 1 amide bonds. The lowest BCUT2D eigenvalue weighted by molar-refractivity contribution is -0.759. The molecule has 2 aromatic rings. The number of benzene rings is 1. The summed E-state index contributed by atoms with van der Waals surface area (Å²) in [6, 6.07) is 9.46. The maximum absolute atomic E-state index is 12.1. The molecule has 1 aromatic carbocycles. The summed E-state index contributed by atoms with van der Waals surface area (Å²) in [5.41, 5.74) is 0.794. The van der Waals surface area contributed by atoms with E-state index in [0.717, 1.165) is 51.1 Å². The van der Waals surface area contributed by atoms with E-state index in [4.69, 9.17) is 9.26 Å². The maximum Gasteiger partial charge on any atom is 0.414 e. The normalized spacial score (nSPS) is 14.6. The lowest BCUT2D eigenvalue weighted by atomic mass is 10.1. The van der Waals surface area contributed by atoms with Crippen LogP contribution in [0.15, 0.2) is 41.1 Å². The van der Waals surface area contributed by atoms with Crippen LogP contribution in [-0.2, 0) is 4.74 Å². The van der Waals surface area contributed by atoms with Crippen LogP contribution in [0.1, 0.15) is 36.5 Å². The molecule has 156 valence electrons. The van der Waals surface area contributed by atoms with Gasteiger partial charge >= 0.3 is 12.0 Å². The zero-order valence-electron chi connectivity index (χ0n) is 16.7. The lowest BCUT2D eigenvalue weighted by Gasteiger charge is -2.29. The van der Waals surface area contributed by atoms with E-state index in [-0.39, 0.29) is 11.7 Å². The Hall–Kier alpha value is -2.94. The molecule has 0 saturated carbocycles. The number of carbonyl (C=O) groups is 2. The fourth-order valence-electron chi connectivity index (χ4n) is 3.25. The highest BCUT2D eigenvalue weighted by atomic mass is 16.6. The smallest absolute Gasteiger partial charge is 0.414 e. The van der Waals surface area contributed by atoms with Crippen molar-refractivity contribution in [2.75, 3.05) is 49.7 Å². The highest BCUT2D eigenvalue weighted by Gasteiger charge is 2.26. The highest BCUT2D eigenvalue weighted by Crippen LogP contribution is 2.08. The summed E-state index contributed by atoms with van der Waals surface area (Å²) in [6.07, 6.45) is 3.56. The molecule has 0 bridgehead atoms. The number of ether oxygens (including phenoxy) is 1. The van der Waals surface area contributed by atoms with Gasteiger partial charge in [0, 0.05) is 25.1 Å². The SMILES string of the molecule is CCOC(=O)Nc1c[n+](N2CCN(CCCCC(=O)c3ccccc3)CC2)no1. The summed E-state index contributed by atoms with van der Waals surface area (Å²) < 4.78 is 9.93. The van der Waals surface area contributed by atoms with E-state index in [1.165, 1.54) is 0 Å². The second-order valence-electron chi connectivity index (χ2n) is 6.87. The molecule has 2 heterocycles. The van der Waals surface area contributed by atoms with Crippen molar-refractivity contribution < 1.29 is 23.6 Å². The number of anilines is 1. The average Bonchev–Trinajstić information content (AvgIpc) is 3.20. The van der Waals surface area contributed by atoms with Gasteiger partial charge in [0.2, 0.25) is 5.27 Å². The van der Waals surface area contributed by atoms with Gasteiger partial charge in [-0.25, -0.2) is 4.79 Å². The fourth-order valence-corrected chi connectivity index (χ4v) is 3.25. The maximum atomic E-state index is 12.1. The zero-order valence-corrected chi connectivity index (χ0v) is 16.7. The Morgan fingerprint density at radius 2 is 1.93 bits per heavy atom. The van der Waals surface area contributed by atoms with E-state index in [2.05, 4.69) is 20.5 Å². The first-order valence-electron chi connectivity index (χ1n) is 10.0. The van der Waals surface area contributed by atoms with Crippen LogP contribution in [0.5, 0.6) is 0 Å². The lowest BCUT2D eigenvalue weighted by Crippen LogP contribution is -2.65. The number of unbranched alkanes of at least 4 members (excludes halogenated alkanes) is 1. The fraction of sp³-hybridized carbons (Fsp3) is 0.500. The van der Waals surface area contributed by atoms with Gasteiger partial charge in [-0.3, -0.25) is 19.5 Å². The molecule has 0 aliphatic carbocycles. The molecule has 1 N–H and O–H groups in total. The summed E-state index contributed by atoms with van der Waals surface area (Å²) in [7, 11) is 0. The third-order valence-electron chi connectivity index (χ3n) is 4.82. The zero-order chi connectivity index (χ0) is 20.5. The van der Waals surface area contributed by atoms with E-state index in [1.54, 1.807) is 17.9 Å². The Balaban J connectivity index is 1.34. The van der Waals surface area contributed by atoms with Gasteiger partial charge in [0.1, 0.15) is 0 Å². The van der Waals surface area contributed by atoms with Gasteiger partial charge in [0.05, 0.1) is 24.5 Å². The molecule has 9 nitrogen and oxygen atoms in total. The largest absolute Gasteiger partial charge is 0.450 e. The number of amides is 1. The standard InChI is InChI=1S/C20H27N5O4/c1-2-28-20(27)21-19-16-25(22-29-19)24-14-12-23(13-15-24)11-7-6-10-18(26)17-8-4-3-5-9-17/h3-5,8-9,16H,2,6-7,10-15H2,1H3/p+1. The van der Waals surface area contributed by atoms with Crippen molar-refractivity contribution in [2.45, 2.75) is 26.2 Å². The van der Waals surface area contributed by atoms with Crippen LogP contribution in [0.4, 0.5) is 10.7 Å². The van der Waals surface area contributed by atoms with Crippen LogP contribution < -0.4 is 15.1 Å².